The maximum atomic E-state index is 6.05. The Balaban J connectivity index is 2.04. The van der Waals surface area contributed by atoms with Gasteiger partial charge < -0.3 is 4.74 Å². The summed E-state index contributed by atoms with van der Waals surface area (Å²) in [7, 11) is 0. The molecule has 1 nitrogen and oxygen atoms in total. The second-order valence-corrected chi connectivity index (χ2v) is 6.97. The second kappa shape index (κ2) is 4.84. The molecular weight excluding hydrogens is 379 g/mol. The predicted molar refractivity (Wildman–Crippen MR) is 79.3 cm³/mol. The Bertz CT molecular complexity index is 365. The Morgan fingerprint density at radius 1 is 1.44 bits per heavy atom. The summed E-state index contributed by atoms with van der Waals surface area (Å²) in [6, 6.07) is 8.28. The molecule has 88 valence electrons. The molecule has 0 aromatic heterocycles. The lowest BCUT2D eigenvalue weighted by Crippen LogP contribution is -2.54. The number of rotatable bonds is 3. The zero-order valence-corrected chi connectivity index (χ0v) is 13.3. The lowest BCUT2D eigenvalue weighted by molar-refractivity contribution is -0.0243. The van der Waals surface area contributed by atoms with Crippen LogP contribution in [0.3, 0.4) is 0 Å². The molecule has 1 aliphatic carbocycles. The minimum Gasteiger partial charge on any atom is -0.490 e. The van der Waals surface area contributed by atoms with Gasteiger partial charge in [-0.2, -0.15) is 0 Å². The Labute approximate surface area is 119 Å². The van der Waals surface area contributed by atoms with Crippen LogP contribution in [0.2, 0.25) is 0 Å². The third-order valence-electron chi connectivity index (χ3n) is 3.73. The third kappa shape index (κ3) is 2.26. The standard InChI is InChI=1S/C13H16BrIO/c1-3-13(2)11(14)8-12(13)16-10-6-4-9(15)5-7-10/h4-7,11-12H,3,8H2,1-2H3. The Hall–Kier alpha value is 0.230. The van der Waals surface area contributed by atoms with Crippen LogP contribution in [0, 0.1) is 8.99 Å². The van der Waals surface area contributed by atoms with Crippen molar-refractivity contribution < 1.29 is 4.74 Å². The first-order valence-electron chi connectivity index (χ1n) is 5.62. The van der Waals surface area contributed by atoms with E-state index in [4.69, 9.17) is 4.74 Å². The zero-order valence-electron chi connectivity index (χ0n) is 9.54. The van der Waals surface area contributed by atoms with Crippen LogP contribution in [0.15, 0.2) is 24.3 Å². The molecule has 16 heavy (non-hydrogen) atoms. The Morgan fingerprint density at radius 3 is 2.56 bits per heavy atom. The van der Waals surface area contributed by atoms with Crippen LogP contribution in [0.5, 0.6) is 5.75 Å². The van der Waals surface area contributed by atoms with E-state index >= 15 is 0 Å². The number of ether oxygens (including phenoxy) is 1. The minimum absolute atomic E-state index is 0.281. The van der Waals surface area contributed by atoms with Gasteiger partial charge in [0.1, 0.15) is 11.9 Å². The largest absolute Gasteiger partial charge is 0.490 e. The number of benzene rings is 1. The van der Waals surface area contributed by atoms with Crippen molar-refractivity contribution >= 4 is 38.5 Å². The molecule has 0 heterocycles. The molecule has 0 aliphatic heterocycles. The van der Waals surface area contributed by atoms with E-state index in [0.717, 1.165) is 18.6 Å². The molecule has 0 amide bonds. The van der Waals surface area contributed by atoms with E-state index in [-0.39, 0.29) is 5.41 Å². The molecule has 1 saturated carbocycles. The summed E-state index contributed by atoms with van der Waals surface area (Å²) in [5.74, 6) is 0.990. The summed E-state index contributed by atoms with van der Waals surface area (Å²) in [6.07, 6.45) is 2.61. The predicted octanol–water partition coefficient (Wildman–Crippen LogP) is 4.62. The highest BCUT2D eigenvalue weighted by Crippen LogP contribution is 2.50. The molecule has 0 radical (unpaired) electrons. The molecule has 3 atom stereocenters. The van der Waals surface area contributed by atoms with Crippen LogP contribution in [0.4, 0.5) is 0 Å². The molecule has 0 saturated heterocycles. The quantitative estimate of drug-likeness (QED) is 0.536. The van der Waals surface area contributed by atoms with Crippen LogP contribution in [0.25, 0.3) is 0 Å². The van der Waals surface area contributed by atoms with E-state index in [1.165, 1.54) is 3.57 Å². The van der Waals surface area contributed by atoms with Gasteiger partial charge in [0.15, 0.2) is 0 Å². The first-order chi connectivity index (χ1) is 7.56. The van der Waals surface area contributed by atoms with E-state index in [0.29, 0.717) is 10.9 Å². The fourth-order valence-electron chi connectivity index (χ4n) is 2.08. The summed E-state index contributed by atoms with van der Waals surface area (Å²) < 4.78 is 7.29. The molecule has 0 spiro atoms. The first kappa shape index (κ1) is 12.7. The maximum absolute atomic E-state index is 6.05. The SMILES string of the molecule is CCC1(C)C(Br)CC1Oc1ccc(I)cc1. The van der Waals surface area contributed by atoms with Crippen molar-refractivity contribution in [2.75, 3.05) is 0 Å². The van der Waals surface area contributed by atoms with Gasteiger partial charge in [-0.05, 0) is 59.7 Å². The smallest absolute Gasteiger partial charge is 0.119 e. The van der Waals surface area contributed by atoms with Crippen LogP contribution in [-0.2, 0) is 0 Å². The Morgan fingerprint density at radius 2 is 2.06 bits per heavy atom. The molecule has 1 aromatic rings. The van der Waals surface area contributed by atoms with Crippen molar-refractivity contribution in [1.82, 2.24) is 0 Å². The van der Waals surface area contributed by atoms with Crippen molar-refractivity contribution in [2.45, 2.75) is 37.6 Å². The highest BCUT2D eigenvalue weighted by molar-refractivity contribution is 14.1. The molecule has 1 aliphatic rings. The lowest BCUT2D eigenvalue weighted by Gasteiger charge is -2.50. The highest BCUT2D eigenvalue weighted by Gasteiger charge is 2.50. The number of hydrogen-bond acceptors (Lipinski definition) is 1. The molecule has 0 bridgehead atoms. The highest BCUT2D eigenvalue weighted by atomic mass is 127. The zero-order chi connectivity index (χ0) is 11.8. The second-order valence-electron chi connectivity index (χ2n) is 4.62. The van der Waals surface area contributed by atoms with Gasteiger partial charge in [-0.25, -0.2) is 0 Å². The van der Waals surface area contributed by atoms with Crippen LogP contribution < -0.4 is 4.74 Å². The van der Waals surface area contributed by atoms with E-state index in [1.54, 1.807) is 0 Å². The average Bonchev–Trinajstić information content (AvgIpc) is 2.30. The number of halogens is 2. The molecule has 0 N–H and O–H groups in total. The van der Waals surface area contributed by atoms with Gasteiger partial charge in [0.05, 0.1) is 0 Å². The van der Waals surface area contributed by atoms with E-state index in [9.17, 15) is 0 Å². The van der Waals surface area contributed by atoms with Crippen molar-refractivity contribution in [2.24, 2.45) is 5.41 Å². The molecule has 3 heteroatoms. The normalized spacial score (nSPS) is 33.2. The van der Waals surface area contributed by atoms with E-state index in [2.05, 4.69) is 76.6 Å². The van der Waals surface area contributed by atoms with Crippen LogP contribution in [-0.4, -0.2) is 10.9 Å². The summed E-state index contributed by atoms with van der Waals surface area (Å²) >= 11 is 6.03. The average molecular weight is 395 g/mol. The molecule has 2 rings (SSSR count). The van der Waals surface area contributed by atoms with Crippen molar-refractivity contribution in [3.8, 4) is 5.75 Å². The molecule has 3 unspecified atom stereocenters. The first-order valence-corrected chi connectivity index (χ1v) is 7.62. The monoisotopic (exact) mass is 394 g/mol. The Kier molecular flexibility index (Phi) is 3.84. The van der Waals surface area contributed by atoms with Crippen molar-refractivity contribution in [3.63, 3.8) is 0 Å². The summed E-state index contributed by atoms with van der Waals surface area (Å²) in [6.45, 7) is 4.53. The topological polar surface area (TPSA) is 9.23 Å². The summed E-state index contributed by atoms with van der Waals surface area (Å²) in [5.41, 5.74) is 0.281. The summed E-state index contributed by atoms with van der Waals surface area (Å²) in [5, 5.41) is 0. The third-order valence-corrected chi connectivity index (χ3v) is 5.86. The van der Waals surface area contributed by atoms with Gasteiger partial charge >= 0.3 is 0 Å². The van der Waals surface area contributed by atoms with E-state index < -0.39 is 0 Å². The lowest BCUT2D eigenvalue weighted by atomic mass is 9.65. The van der Waals surface area contributed by atoms with Crippen molar-refractivity contribution in [1.29, 1.82) is 0 Å². The van der Waals surface area contributed by atoms with Gasteiger partial charge in [-0.3, -0.25) is 0 Å². The number of hydrogen-bond donors (Lipinski definition) is 0. The minimum atomic E-state index is 0.281. The fraction of sp³-hybridized carbons (Fsp3) is 0.538. The number of alkyl halides is 1. The van der Waals surface area contributed by atoms with Gasteiger partial charge in [0, 0.05) is 13.8 Å². The van der Waals surface area contributed by atoms with Gasteiger partial charge in [-0.1, -0.05) is 29.8 Å². The van der Waals surface area contributed by atoms with Crippen LogP contribution >= 0.6 is 38.5 Å². The summed E-state index contributed by atoms with van der Waals surface area (Å²) in [4.78, 5) is 0.596. The molecular formula is C13H16BrIO. The van der Waals surface area contributed by atoms with Gasteiger partial charge in [0.2, 0.25) is 0 Å². The molecule has 1 fully saturated rings. The maximum Gasteiger partial charge on any atom is 0.119 e. The van der Waals surface area contributed by atoms with E-state index in [1.807, 2.05) is 0 Å². The van der Waals surface area contributed by atoms with Gasteiger partial charge in [-0.15, -0.1) is 0 Å². The van der Waals surface area contributed by atoms with Gasteiger partial charge in [0.25, 0.3) is 0 Å². The fourth-order valence-corrected chi connectivity index (χ4v) is 3.39. The van der Waals surface area contributed by atoms with Crippen LogP contribution in [0.1, 0.15) is 26.7 Å². The van der Waals surface area contributed by atoms with Crippen molar-refractivity contribution in [3.05, 3.63) is 27.8 Å². The molecule has 1 aromatic carbocycles.